The molecule has 0 saturated carbocycles. The van der Waals surface area contributed by atoms with E-state index < -0.39 is 0 Å². The van der Waals surface area contributed by atoms with Crippen molar-refractivity contribution >= 4 is 27.5 Å². The van der Waals surface area contributed by atoms with E-state index in [0.29, 0.717) is 5.56 Å². The summed E-state index contributed by atoms with van der Waals surface area (Å²) in [6.07, 6.45) is 2.35. The third kappa shape index (κ3) is 3.79. The molecule has 1 heterocycles. The average Bonchev–Trinajstić information content (AvgIpc) is 2.42. The van der Waals surface area contributed by atoms with E-state index in [1.54, 1.807) is 0 Å². The fourth-order valence-corrected chi connectivity index (χ4v) is 2.08. The third-order valence-corrected chi connectivity index (χ3v) is 3.04. The van der Waals surface area contributed by atoms with Crippen LogP contribution in [0, 0.1) is 0 Å². The first-order valence-corrected chi connectivity index (χ1v) is 6.96. The molecule has 1 aromatic carbocycles. The Morgan fingerprint density at radius 2 is 1.89 bits per heavy atom. The van der Waals surface area contributed by atoms with Crippen LogP contribution in [0.4, 0.5) is 5.69 Å². The number of amides is 1. The lowest BCUT2D eigenvalue weighted by Crippen LogP contribution is -2.14. The first-order chi connectivity index (χ1) is 9.19. The number of carbonyl (C=O) groups is 1. The minimum Gasteiger partial charge on any atom is -0.328 e. The van der Waals surface area contributed by atoms with E-state index in [1.165, 1.54) is 23.9 Å². The number of halogens is 1. The number of hydrogen-bond donors (Lipinski definition) is 2. The molecule has 0 aliphatic rings. The maximum Gasteiger partial charge on any atom is 0.257 e. The van der Waals surface area contributed by atoms with Gasteiger partial charge in [0.05, 0.1) is 5.56 Å². The van der Waals surface area contributed by atoms with Gasteiger partial charge in [-0.1, -0.05) is 28.1 Å². The summed E-state index contributed by atoms with van der Waals surface area (Å²) in [5, 5.41) is 3.69. The van der Waals surface area contributed by atoms with E-state index in [1.807, 2.05) is 24.3 Å². The molecule has 0 fully saturated rings. The summed E-state index contributed by atoms with van der Waals surface area (Å²) < 4.78 is 0. The quantitative estimate of drug-likeness (QED) is 0.850. The molecule has 0 radical (unpaired) electrons. The Labute approximate surface area is 119 Å². The van der Waals surface area contributed by atoms with Crippen molar-refractivity contribution in [1.82, 2.24) is 4.98 Å². The lowest BCUT2D eigenvalue weighted by molar-refractivity contribution is 0.102. The zero-order chi connectivity index (χ0) is 13.7. The SMILES string of the molecule is O=C(Nc1ccc(CCBr)cc1)c1ccc(=O)[nH]c1. The number of pyridine rings is 1. The van der Waals surface area contributed by atoms with E-state index in [9.17, 15) is 9.59 Å². The molecule has 1 amide bonds. The van der Waals surface area contributed by atoms with Crippen LogP contribution in [0.3, 0.4) is 0 Å². The second-order valence-corrected chi connectivity index (χ2v) is 4.82. The Morgan fingerprint density at radius 3 is 2.47 bits per heavy atom. The van der Waals surface area contributed by atoms with Crippen LogP contribution in [0.1, 0.15) is 15.9 Å². The number of carbonyl (C=O) groups excluding carboxylic acids is 1. The predicted molar refractivity (Wildman–Crippen MR) is 79.0 cm³/mol. The molecule has 0 spiro atoms. The number of aromatic nitrogens is 1. The van der Waals surface area contributed by atoms with Crippen molar-refractivity contribution in [3.8, 4) is 0 Å². The zero-order valence-electron chi connectivity index (χ0n) is 10.2. The molecule has 0 atom stereocenters. The molecule has 0 unspecified atom stereocenters. The van der Waals surface area contributed by atoms with Crippen molar-refractivity contribution in [3.63, 3.8) is 0 Å². The highest BCUT2D eigenvalue weighted by Crippen LogP contribution is 2.12. The van der Waals surface area contributed by atoms with Crippen LogP contribution in [-0.4, -0.2) is 16.2 Å². The van der Waals surface area contributed by atoms with E-state index in [0.717, 1.165) is 17.4 Å². The van der Waals surface area contributed by atoms with Crippen molar-refractivity contribution in [2.75, 3.05) is 10.6 Å². The minimum absolute atomic E-state index is 0.226. The normalized spacial score (nSPS) is 10.2. The van der Waals surface area contributed by atoms with E-state index in [2.05, 4.69) is 26.2 Å². The van der Waals surface area contributed by atoms with Gasteiger partial charge in [0, 0.05) is 23.3 Å². The molecule has 0 aliphatic carbocycles. The maximum absolute atomic E-state index is 11.9. The highest BCUT2D eigenvalue weighted by atomic mass is 79.9. The van der Waals surface area contributed by atoms with Crippen LogP contribution in [0.15, 0.2) is 47.4 Å². The second kappa shape index (κ2) is 6.33. The number of H-pyrrole nitrogens is 1. The largest absolute Gasteiger partial charge is 0.328 e. The van der Waals surface area contributed by atoms with Gasteiger partial charge in [0.25, 0.3) is 5.91 Å². The number of aryl methyl sites for hydroxylation is 1. The molecule has 0 saturated heterocycles. The maximum atomic E-state index is 11.9. The Bertz CT molecular complexity index is 600. The van der Waals surface area contributed by atoms with Gasteiger partial charge in [0.15, 0.2) is 0 Å². The number of aromatic amines is 1. The lowest BCUT2D eigenvalue weighted by atomic mass is 10.1. The Kier molecular flexibility index (Phi) is 4.52. The van der Waals surface area contributed by atoms with E-state index in [-0.39, 0.29) is 11.5 Å². The summed E-state index contributed by atoms with van der Waals surface area (Å²) in [7, 11) is 0. The van der Waals surface area contributed by atoms with Gasteiger partial charge in [-0.2, -0.15) is 0 Å². The van der Waals surface area contributed by atoms with Crippen molar-refractivity contribution in [2.24, 2.45) is 0 Å². The molecule has 0 aliphatic heterocycles. The van der Waals surface area contributed by atoms with Crippen LogP contribution in [0.25, 0.3) is 0 Å². The number of hydrogen-bond acceptors (Lipinski definition) is 2. The Hall–Kier alpha value is -1.88. The van der Waals surface area contributed by atoms with Gasteiger partial charge in [-0.05, 0) is 30.2 Å². The van der Waals surface area contributed by atoms with Crippen molar-refractivity contribution in [1.29, 1.82) is 0 Å². The fraction of sp³-hybridized carbons (Fsp3) is 0.143. The van der Waals surface area contributed by atoms with Gasteiger partial charge in [0.2, 0.25) is 5.56 Å². The van der Waals surface area contributed by atoms with Gasteiger partial charge in [-0.3, -0.25) is 9.59 Å². The van der Waals surface area contributed by atoms with Crippen molar-refractivity contribution in [3.05, 3.63) is 64.1 Å². The van der Waals surface area contributed by atoms with Crippen LogP contribution >= 0.6 is 15.9 Å². The van der Waals surface area contributed by atoms with Gasteiger partial charge in [-0.25, -0.2) is 0 Å². The minimum atomic E-state index is -0.246. The molecule has 98 valence electrons. The highest BCUT2D eigenvalue weighted by Gasteiger charge is 2.05. The van der Waals surface area contributed by atoms with Crippen LogP contribution in [-0.2, 0) is 6.42 Å². The predicted octanol–water partition coefficient (Wildman–Crippen LogP) is 2.56. The molecule has 2 aromatic rings. The summed E-state index contributed by atoms with van der Waals surface area (Å²) in [6, 6.07) is 10.5. The number of nitrogens with one attached hydrogen (secondary N) is 2. The first-order valence-electron chi connectivity index (χ1n) is 5.84. The number of alkyl halides is 1. The van der Waals surface area contributed by atoms with E-state index >= 15 is 0 Å². The summed E-state index contributed by atoms with van der Waals surface area (Å²) in [6.45, 7) is 0. The average molecular weight is 321 g/mol. The van der Waals surface area contributed by atoms with Crippen LogP contribution < -0.4 is 10.9 Å². The molecule has 2 rings (SSSR count). The van der Waals surface area contributed by atoms with Crippen LogP contribution in [0.5, 0.6) is 0 Å². The lowest BCUT2D eigenvalue weighted by Gasteiger charge is -2.06. The Balaban J connectivity index is 2.06. The second-order valence-electron chi connectivity index (χ2n) is 4.03. The topological polar surface area (TPSA) is 62.0 Å². The molecule has 5 heteroatoms. The van der Waals surface area contributed by atoms with Crippen LogP contribution in [0.2, 0.25) is 0 Å². The molecule has 1 aromatic heterocycles. The first kappa shape index (κ1) is 13.5. The molecular formula is C14H13BrN2O2. The highest BCUT2D eigenvalue weighted by molar-refractivity contribution is 9.09. The van der Waals surface area contributed by atoms with Gasteiger partial charge in [-0.15, -0.1) is 0 Å². The van der Waals surface area contributed by atoms with Gasteiger partial charge >= 0.3 is 0 Å². The summed E-state index contributed by atoms with van der Waals surface area (Å²) in [5.41, 5.74) is 2.13. The van der Waals surface area contributed by atoms with Crippen molar-refractivity contribution in [2.45, 2.75) is 6.42 Å². The number of benzene rings is 1. The number of anilines is 1. The van der Waals surface area contributed by atoms with E-state index in [4.69, 9.17) is 0 Å². The third-order valence-electron chi connectivity index (χ3n) is 2.64. The Morgan fingerprint density at radius 1 is 1.16 bits per heavy atom. The van der Waals surface area contributed by atoms with Gasteiger partial charge in [0.1, 0.15) is 0 Å². The smallest absolute Gasteiger partial charge is 0.257 e. The zero-order valence-corrected chi connectivity index (χ0v) is 11.7. The summed E-state index contributed by atoms with van der Waals surface area (Å²) in [4.78, 5) is 25.3. The fourth-order valence-electron chi connectivity index (χ4n) is 1.62. The number of rotatable bonds is 4. The summed E-state index contributed by atoms with van der Waals surface area (Å²) in [5.74, 6) is -0.246. The summed E-state index contributed by atoms with van der Waals surface area (Å²) >= 11 is 3.38. The standard InChI is InChI=1S/C14H13BrN2O2/c15-8-7-10-1-4-12(5-2-10)17-14(19)11-3-6-13(18)16-9-11/h1-6,9H,7-8H2,(H,16,18)(H,17,19). The molecular weight excluding hydrogens is 308 g/mol. The molecule has 4 nitrogen and oxygen atoms in total. The van der Waals surface area contributed by atoms with Crippen molar-refractivity contribution < 1.29 is 4.79 Å². The van der Waals surface area contributed by atoms with Gasteiger partial charge < -0.3 is 10.3 Å². The molecule has 2 N–H and O–H groups in total. The monoisotopic (exact) mass is 320 g/mol. The molecule has 19 heavy (non-hydrogen) atoms. The molecule has 0 bridgehead atoms.